The van der Waals surface area contributed by atoms with E-state index in [2.05, 4.69) is 4.90 Å². The number of phenols is 1. The molecule has 0 bridgehead atoms. The smallest absolute Gasteiger partial charge is 0.175 e. The number of aromatic hydroxyl groups is 1. The van der Waals surface area contributed by atoms with E-state index in [0.717, 1.165) is 53.2 Å². The van der Waals surface area contributed by atoms with Crippen molar-refractivity contribution in [2.24, 2.45) is 5.92 Å². The van der Waals surface area contributed by atoms with Crippen molar-refractivity contribution in [3.63, 3.8) is 0 Å². The first-order valence-electron chi connectivity index (χ1n) is 12.3. The van der Waals surface area contributed by atoms with Gasteiger partial charge < -0.3 is 14.6 Å². The zero-order valence-electron chi connectivity index (χ0n) is 20.9. The summed E-state index contributed by atoms with van der Waals surface area (Å²) in [5, 5.41) is 10.0. The molecular weight excluding hydrogens is 493 g/mol. The number of nitrogens with zero attached hydrogens (tertiary/aromatic N) is 1. The zero-order chi connectivity index (χ0) is 26.2. The van der Waals surface area contributed by atoms with E-state index in [1.54, 1.807) is 30.3 Å². The summed E-state index contributed by atoms with van der Waals surface area (Å²) in [4.78, 5) is 2.41. The number of halogens is 1. The highest BCUT2D eigenvalue weighted by molar-refractivity contribution is 7.90. The number of fused-ring (bicyclic) bond motifs is 1. The number of phenolic OH excluding ortho intramolecular Hbond substituents is 1. The highest BCUT2D eigenvalue weighted by atomic mass is 32.2. The lowest BCUT2D eigenvalue weighted by molar-refractivity contribution is 0.0668. The van der Waals surface area contributed by atoms with Crippen LogP contribution >= 0.6 is 0 Å². The Kier molecular flexibility index (Phi) is 6.96. The number of alkyl halides is 1. The average molecular weight is 524 g/mol. The summed E-state index contributed by atoms with van der Waals surface area (Å²) in [7, 11) is -3.39. The van der Waals surface area contributed by atoms with E-state index < -0.39 is 15.9 Å². The van der Waals surface area contributed by atoms with E-state index in [0.29, 0.717) is 12.4 Å². The van der Waals surface area contributed by atoms with E-state index in [1.807, 2.05) is 43.3 Å². The van der Waals surface area contributed by atoms with Crippen molar-refractivity contribution in [1.82, 2.24) is 4.90 Å². The van der Waals surface area contributed by atoms with Crippen molar-refractivity contribution in [2.75, 3.05) is 39.2 Å². The van der Waals surface area contributed by atoms with Crippen molar-refractivity contribution in [2.45, 2.75) is 17.9 Å². The molecule has 0 saturated carbocycles. The Hall–Kier alpha value is -3.36. The normalized spacial score (nSPS) is 18.2. The molecule has 5 rings (SSSR count). The Morgan fingerprint density at radius 3 is 2.54 bits per heavy atom. The van der Waals surface area contributed by atoms with Crippen LogP contribution in [0.1, 0.15) is 29.7 Å². The zero-order valence-corrected chi connectivity index (χ0v) is 21.7. The third kappa shape index (κ3) is 5.36. The predicted octanol–water partition coefficient (Wildman–Crippen LogP) is 5.14. The fourth-order valence-corrected chi connectivity index (χ4v) is 5.60. The van der Waals surface area contributed by atoms with E-state index in [-0.39, 0.29) is 23.2 Å². The quantitative estimate of drug-likeness (QED) is 0.441. The topological polar surface area (TPSA) is 76.1 Å². The second kappa shape index (κ2) is 10.2. The molecular formula is C29H30FNO5S. The lowest BCUT2D eigenvalue weighted by atomic mass is 9.86. The predicted molar refractivity (Wildman–Crippen MR) is 141 cm³/mol. The van der Waals surface area contributed by atoms with E-state index in [9.17, 15) is 17.9 Å². The molecule has 0 unspecified atom stereocenters. The minimum atomic E-state index is -3.39. The molecule has 1 N–H and O–H groups in total. The molecule has 2 aliphatic heterocycles. The van der Waals surface area contributed by atoms with Gasteiger partial charge in [0, 0.05) is 49.0 Å². The Labute approximate surface area is 216 Å². The summed E-state index contributed by atoms with van der Waals surface area (Å²) in [6, 6.07) is 19.5. The third-order valence-electron chi connectivity index (χ3n) is 6.96. The summed E-state index contributed by atoms with van der Waals surface area (Å²) < 4.78 is 49.4. The molecule has 0 radical (unpaired) electrons. The summed E-state index contributed by atoms with van der Waals surface area (Å²) in [5.41, 5.74) is 4.27. The highest BCUT2D eigenvalue weighted by Gasteiger charge is 2.30. The van der Waals surface area contributed by atoms with Gasteiger partial charge in [-0.15, -0.1) is 0 Å². The van der Waals surface area contributed by atoms with Crippen LogP contribution in [0.15, 0.2) is 71.6 Å². The van der Waals surface area contributed by atoms with Crippen molar-refractivity contribution in [3.05, 3.63) is 83.4 Å². The Morgan fingerprint density at radius 2 is 1.84 bits per heavy atom. The van der Waals surface area contributed by atoms with Crippen molar-refractivity contribution < 1.29 is 27.4 Å². The van der Waals surface area contributed by atoms with Crippen LogP contribution in [-0.2, 0) is 9.84 Å². The molecule has 37 heavy (non-hydrogen) atoms. The van der Waals surface area contributed by atoms with Crippen LogP contribution in [0, 0.1) is 5.92 Å². The monoisotopic (exact) mass is 523 g/mol. The van der Waals surface area contributed by atoms with Gasteiger partial charge in [0.15, 0.2) is 9.84 Å². The lowest BCUT2D eigenvalue weighted by Gasteiger charge is -2.37. The standard InChI is InChI=1S/C29H30FNO5S/c1-19-26-11-8-23(32)15-27(26)36-29(28(19)22-4-3-5-25(14-22)37(2,33)34)21-6-9-24(10-7-21)35-13-12-31-17-20(16-30)18-31/h3-11,14-15,20,29,32H,12-13,16-18H2,1-2H3/t29-/m1/s1. The number of hydrogen-bond acceptors (Lipinski definition) is 6. The third-order valence-corrected chi connectivity index (χ3v) is 8.07. The molecule has 6 nitrogen and oxygen atoms in total. The SMILES string of the molecule is CC1=C(c2cccc(S(C)(=O)=O)c2)[C@@H](c2ccc(OCCN3CC(CF)C3)cc2)Oc2cc(O)ccc21. The molecule has 1 fully saturated rings. The van der Waals surface area contributed by atoms with Crippen LogP contribution in [0.3, 0.4) is 0 Å². The summed E-state index contributed by atoms with van der Waals surface area (Å²) >= 11 is 0. The first-order valence-corrected chi connectivity index (χ1v) is 14.1. The number of allylic oxidation sites excluding steroid dienone is 1. The Balaban J connectivity index is 1.43. The maximum absolute atomic E-state index is 12.6. The van der Waals surface area contributed by atoms with Crippen LogP contribution in [-0.4, -0.2) is 57.6 Å². The van der Waals surface area contributed by atoms with Gasteiger partial charge in [0.05, 0.1) is 11.6 Å². The van der Waals surface area contributed by atoms with Crippen LogP contribution in [0.2, 0.25) is 0 Å². The van der Waals surface area contributed by atoms with Gasteiger partial charge in [-0.3, -0.25) is 9.29 Å². The molecule has 0 aliphatic carbocycles. The van der Waals surface area contributed by atoms with E-state index in [4.69, 9.17) is 9.47 Å². The minimum absolute atomic E-state index is 0.108. The summed E-state index contributed by atoms with van der Waals surface area (Å²) in [6.45, 7) is 4.56. The van der Waals surface area contributed by atoms with Crippen molar-refractivity contribution >= 4 is 21.0 Å². The maximum Gasteiger partial charge on any atom is 0.175 e. The van der Waals surface area contributed by atoms with Gasteiger partial charge in [0.1, 0.15) is 30.0 Å². The molecule has 8 heteroatoms. The maximum atomic E-state index is 12.6. The molecule has 194 valence electrons. The van der Waals surface area contributed by atoms with Gasteiger partial charge >= 0.3 is 0 Å². The molecule has 0 spiro atoms. The minimum Gasteiger partial charge on any atom is -0.508 e. The first kappa shape index (κ1) is 25.3. The molecule has 0 amide bonds. The molecule has 1 atom stereocenters. The number of ether oxygens (including phenoxy) is 2. The number of hydrogen-bond donors (Lipinski definition) is 1. The van der Waals surface area contributed by atoms with Crippen molar-refractivity contribution in [1.29, 1.82) is 0 Å². The number of benzene rings is 3. The largest absolute Gasteiger partial charge is 0.508 e. The van der Waals surface area contributed by atoms with Gasteiger partial charge in [-0.2, -0.15) is 0 Å². The summed E-state index contributed by atoms with van der Waals surface area (Å²) in [6.07, 6.45) is 0.678. The van der Waals surface area contributed by atoms with E-state index in [1.165, 1.54) is 6.26 Å². The number of rotatable bonds is 8. The van der Waals surface area contributed by atoms with Gasteiger partial charge in [-0.25, -0.2) is 8.42 Å². The molecule has 0 aromatic heterocycles. The second-order valence-corrected chi connectivity index (χ2v) is 11.7. The highest BCUT2D eigenvalue weighted by Crippen LogP contribution is 2.47. The number of sulfone groups is 1. The van der Waals surface area contributed by atoms with Crippen LogP contribution in [0.4, 0.5) is 4.39 Å². The fraction of sp³-hybridized carbons (Fsp3) is 0.310. The number of likely N-dealkylation sites (tertiary alicyclic amines) is 1. The lowest BCUT2D eigenvalue weighted by Crippen LogP contribution is -2.49. The molecule has 3 aromatic carbocycles. The van der Waals surface area contributed by atoms with E-state index >= 15 is 0 Å². The second-order valence-electron chi connectivity index (χ2n) is 9.71. The first-order chi connectivity index (χ1) is 17.7. The Morgan fingerprint density at radius 1 is 1.08 bits per heavy atom. The van der Waals surface area contributed by atoms with Gasteiger partial charge in [-0.05, 0) is 60.0 Å². The van der Waals surface area contributed by atoms with Crippen molar-refractivity contribution in [3.8, 4) is 17.2 Å². The molecule has 3 aromatic rings. The van der Waals surface area contributed by atoms with Crippen LogP contribution in [0.5, 0.6) is 17.2 Å². The Bertz CT molecular complexity index is 1430. The van der Waals surface area contributed by atoms with Crippen LogP contribution < -0.4 is 9.47 Å². The van der Waals surface area contributed by atoms with Crippen LogP contribution in [0.25, 0.3) is 11.1 Å². The van der Waals surface area contributed by atoms with Gasteiger partial charge in [-0.1, -0.05) is 24.3 Å². The molecule has 2 aliphatic rings. The fourth-order valence-electron chi connectivity index (χ4n) is 4.93. The summed E-state index contributed by atoms with van der Waals surface area (Å²) in [5.74, 6) is 1.55. The average Bonchev–Trinajstić information content (AvgIpc) is 2.85. The van der Waals surface area contributed by atoms with Gasteiger partial charge in [0.2, 0.25) is 0 Å². The molecule has 2 heterocycles. The van der Waals surface area contributed by atoms with Gasteiger partial charge in [0.25, 0.3) is 0 Å². The molecule has 1 saturated heterocycles.